The maximum absolute atomic E-state index is 12.9. The lowest BCUT2D eigenvalue weighted by molar-refractivity contribution is 0.0736. The first-order valence-electron chi connectivity index (χ1n) is 9.81. The molecule has 2 heterocycles. The van der Waals surface area contributed by atoms with Crippen LogP contribution in [0.3, 0.4) is 0 Å². The molecule has 148 valence electrons. The van der Waals surface area contributed by atoms with Crippen molar-refractivity contribution >= 4 is 39.1 Å². The van der Waals surface area contributed by atoms with Gasteiger partial charge in [0.15, 0.2) is 5.13 Å². The van der Waals surface area contributed by atoms with E-state index in [-0.39, 0.29) is 11.8 Å². The van der Waals surface area contributed by atoms with E-state index < -0.39 is 0 Å². The van der Waals surface area contributed by atoms with Crippen LogP contribution in [-0.2, 0) is 13.0 Å². The standard InChI is InChI=1S/C24H19N3O2S/c28-22(19-12-6-10-16-7-4-5-11-18(16)19)26-24-25-20-13-14-27(15-21(20)30-24)23(29)17-8-2-1-3-9-17/h1-12H,13-15H2,(H,25,26,28). The number of hydrogen-bond acceptors (Lipinski definition) is 4. The Labute approximate surface area is 178 Å². The first-order valence-corrected chi connectivity index (χ1v) is 10.6. The Morgan fingerprint density at radius 2 is 1.70 bits per heavy atom. The Morgan fingerprint density at radius 3 is 2.57 bits per heavy atom. The van der Waals surface area contributed by atoms with Gasteiger partial charge in [0.2, 0.25) is 0 Å². The Balaban J connectivity index is 1.34. The number of thiazole rings is 1. The van der Waals surface area contributed by atoms with Gasteiger partial charge in [0, 0.05) is 29.0 Å². The highest BCUT2D eigenvalue weighted by atomic mass is 32.1. The maximum Gasteiger partial charge on any atom is 0.258 e. The van der Waals surface area contributed by atoms with Crippen molar-refractivity contribution in [2.24, 2.45) is 0 Å². The van der Waals surface area contributed by atoms with Gasteiger partial charge in [0.25, 0.3) is 11.8 Å². The van der Waals surface area contributed by atoms with E-state index in [1.54, 1.807) is 0 Å². The summed E-state index contributed by atoms with van der Waals surface area (Å²) in [7, 11) is 0. The summed E-state index contributed by atoms with van der Waals surface area (Å²) in [6.45, 7) is 1.14. The van der Waals surface area contributed by atoms with Gasteiger partial charge in [-0.1, -0.05) is 65.9 Å². The van der Waals surface area contributed by atoms with Crippen LogP contribution in [0.2, 0.25) is 0 Å². The van der Waals surface area contributed by atoms with E-state index in [0.717, 1.165) is 21.3 Å². The first kappa shape index (κ1) is 18.5. The normalized spacial score (nSPS) is 13.1. The van der Waals surface area contributed by atoms with E-state index in [9.17, 15) is 9.59 Å². The van der Waals surface area contributed by atoms with E-state index in [4.69, 9.17) is 0 Å². The number of aromatic nitrogens is 1. The predicted molar refractivity (Wildman–Crippen MR) is 119 cm³/mol. The van der Waals surface area contributed by atoms with Gasteiger partial charge >= 0.3 is 0 Å². The van der Waals surface area contributed by atoms with Crippen molar-refractivity contribution in [2.75, 3.05) is 11.9 Å². The summed E-state index contributed by atoms with van der Waals surface area (Å²) in [4.78, 5) is 33.1. The number of nitrogens with one attached hydrogen (secondary N) is 1. The number of benzene rings is 3. The summed E-state index contributed by atoms with van der Waals surface area (Å²) in [6, 6.07) is 22.8. The molecule has 1 aromatic heterocycles. The van der Waals surface area contributed by atoms with E-state index in [2.05, 4.69) is 10.3 Å². The zero-order chi connectivity index (χ0) is 20.5. The number of hydrogen-bond donors (Lipinski definition) is 1. The monoisotopic (exact) mass is 413 g/mol. The van der Waals surface area contributed by atoms with Crippen LogP contribution in [0.15, 0.2) is 72.8 Å². The molecule has 5 rings (SSSR count). The molecule has 0 bridgehead atoms. The molecular formula is C24H19N3O2S. The van der Waals surface area contributed by atoms with Crippen molar-refractivity contribution < 1.29 is 9.59 Å². The van der Waals surface area contributed by atoms with Gasteiger partial charge in [-0.15, -0.1) is 0 Å². The maximum atomic E-state index is 12.9. The summed E-state index contributed by atoms with van der Waals surface area (Å²) >= 11 is 1.44. The summed E-state index contributed by atoms with van der Waals surface area (Å²) in [5.41, 5.74) is 2.28. The van der Waals surface area contributed by atoms with Crippen molar-refractivity contribution in [1.29, 1.82) is 0 Å². The SMILES string of the molecule is O=C(Nc1nc2c(s1)CN(C(=O)c1ccccc1)CC2)c1cccc2ccccc12. The summed E-state index contributed by atoms with van der Waals surface area (Å²) in [5.74, 6) is -0.147. The minimum absolute atomic E-state index is 0.0241. The number of nitrogens with zero attached hydrogens (tertiary/aromatic N) is 2. The van der Waals surface area contributed by atoms with Crippen LogP contribution in [0.4, 0.5) is 5.13 Å². The molecular weight excluding hydrogens is 394 g/mol. The minimum Gasteiger partial charge on any atom is -0.333 e. The average Bonchev–Trinajstić information content (AvgIpc) is 3.20. The molecule has 4 aromatic rings. The van der Waals surface area contributed by atoms with Crippen molar-refractivity contribution in [1.82, 2.24) is 9.88 Å². The quantitative estimate of drug-likeness (QED) is 0.527. The third-order valence-corrected chi connectivity index (χ3v) is 6.29. The highest BCUT2D eigenvalue weighted by molar-refractivity contribution is 7.15. The van der Waals surface area contributed by atoms with Crippen LogP contribution < -0.4 is 5.32 Å². The average molecular weight is 414 g/mol. The van der Waals surface area contributed by atoms with Gasteiger partial charge in [-0.05, 0) is 29.0 Å². The van der Waals surface area contributed by atoms with Crippen molar-refractivity contribution in [2.45, 2.75) is 13.0 Å². The molecule has 0 unspecified atom stereocenters. The Kier molecular flexibility index (Phi) is 4.77. The molecule has 6 heteroatoms. The van der Waals surface area contributed by atoms with Gasteiger partial charge < -0.3 is 4.90 Å². The number of anilines is 1. The second-order valence-corrected chi connectivity index (χ2v) is 8.30. The zero-order valence-corrected chi connectivity index (χ0v) is 17.0. The molecule has 2 amide bonds. The van der Waals surface area contributed by atoms with Gasteiger partial charge in [0.05, 0.1) is 12.2 Å². The molecule has 30 heavy (non-hydrogen) atoms. The van der Waals surface area contributed by atoms with Crippen molar-refractivity contribution in [3.63, 3.8) is 0 Å². The fraction of sp³-hybridized carbons (Fsp3) is 0.125. The fourth-order valence-electron chi connectivity index (χ4n) is 3.77. The van der Waals surface area contributed by atoms with Crippen molar-refractivity contribution in [3.8, 4) is 0 Å². The van der Waals surface area contributed by atoms with Gasteiger partial charge in [-0.25, -0.2) is 4.98 Å². The highest BCUT2D eigenvalue weighted by Crippen LogP contribution is 2.30. The minimum atomic E-state index is -0.171. The lowest BCUT2D eigenvalue weighted by atomic mass is 10.0. The molecule has 0 fully saturated rings. The topological polar surface area (TPSA) is 62.3 Å². The molecule has 1 aliphatic heterocycles. The Hall–Kier alpha value is -3.51. The Morgan fingerprint density at radius 1 is 0.933 bits per heavy atom. The van der Waals surface area contributed by atoms with Crippen molar-refractivity contribution in [3.05, 3.63) is 94.5 Å². The lowest BCUT2D eigenvalue weighted by Crippen LogP contribution is -2.35. The fourth-order valence-corrected chi connectivity index (χ4v) is 4.79. The summed E-state index contributed by atoms with van der Waals surface area (Å²) < 4.78 is 0. The van der Waals surface area contributed by atoms with Gasteiger partial charge in [-0.3, -0.25) is 14.9 Å². The molecule has 5 nitrogen and oxygen atoms in total. The predicted octanol–water partition coefficient (Wildman–Crippen LogP) is 4.75. The van der Waals surface area contributed by atoms with Gasteiger partial charge in [0.1, 0.15) is 0 Å². The van der Waals surface area contributed by atoms with E-state index in [1.165, 1.54) is 11.3 Å². The molecule has 1 N–H and O–H groups in total. The van der Waals surface area contributed by atoms with Crippen LogP contribution >= 0.6 is 11.3 Å². The lowest BCUT2D eigenvalue weighted by Gasteiger charge is -2.26. The molecule has 1 aliphatic rings. The van der Waals surface area contributed by atoms with Crippen LogP contribution in [0.5, 0.6) is 0 Å². The second-order valence-electron chi connectivity index (χ2n) is 7.21. The van der Waals surface area contributed by atoms with Crippen LogP contribution in [0, 0.1) is 0 Å². The Bertz CT molecular complexity index is 1240. The molecule has 0 atom stereocenters. The smallest absolute Gasteiger partial charge is 0.258 e. The third-order valence-electron chi connectivity index (χ3n) is 5.29. The highest BCUT2D eigenvalue weighted by Gasteiger charge is 2.25. The molecule has 0 saturated carbocycles. The number of rotatable bonds is 3. The van der Waals surface area contributed by atoms with Crippen LogP contribution in [0.1, 0.15) is 31.3 Å². The molecule has 0 spiro atoms. The number of fused-ring (bicyclic) bond motifs is 2. The largest absolute Gasteiger partial charge is 0.333 e. The number of carbonyl (C=O) groups excluding carboxylic acids is 2. The summed E-state index contributed by atoms with van der Waals surface area (Å²) in [5, 5.41) is 5.47. The van der Waals surface area contributed by atoms with E-state index >= 15 is 0 Å². The molecule has 0 aliphatic carbocycles. The third kappa shape index (κ3) is 3.46. The number of amides is 2. The zero-order valence-electron chi connectivity index (χ0n) is 16.2. The summed E-state index contributed by atoms with van der Waals surface area (Å²) in [6.07, 6.45) is 0.689. The van der Waals surface area contributed by atoms with E-state index in [1.807, 2.05) is 77.7 Å². The van der Waals surface area contributed by atoms with Crippen LogP contribution in [-0.4, -0.2) is 28.2 Å². The second kappa shape index (κ2) is 7.72. The first-order chi connectivity index (χ1) is 14.7. The van der Waals surface area contributed by atoms with Gasteiger partial charge in [-0.2, -0.15) is 0 Å². The molecule has 0 radical (unpaired) electrons. The molecule has 3 aromatic carbocycles. The molecule has 0 saturated heterocycles. The van der Waals surface area contributed by atoms with E-state index in [0.29, 0.717) is 35.8 Å². The number of carbonyl (C=O) groups is 2. The van der Waals surface area contributed by atoms with Crippen LogP contribution in [0.25, 0.3) is 10.8 Å².